The first-order chi connectivity index (χ1) is 15.0. The van der Waals surface area contributed by atoms with Gasteiger partial charge in [-0.3, -0.25) is 4.98 Å². The number of fused-ring (bicyclic) bond motifs is 1. The number of nitrogens with zero attached hydrogens (tertiary/aromatic N) is 3. The lowest BCUT2D eigenvalue weighted by Gasteiger charge is -2.28. The molecule has 2 atom stereocenters. The van der Waals surface area contributed by atoms with Crippen LogP contribution in [-0.4, -0.2) is 21.5 Å². The smallest absolute Gasteiger partial charge is 0.231 e. The fraction of sp³-hybridized carbons (Fsp3) is 0.333. The number of hydrogen-bond acceptors (Lipinski definition) is 4. The largest absolute Gasteiger partial charge is 0.454 e. The highest BCUT2D eigenvalue weighted by Crippen LogP contribution is 2.45. The minimum atomic E-state index is -0.0692. The monoisotopic (exact) mass is 434 g/mol. The lowest BCUT2D eigenvalue weighted by atomic mass is 9.96. The van der Waals surface area contributed by atoms with Crippen LogP contribution in [0.25, 0.3) is 0 Å². The first-order valence-electron chi connectivity index (χ1n) is 10.5. The van der Waals surface area contributed by atoms with Crippen molar-refractivity contribution in [3.05, 3.63) is 71.3 Å². The predicted molar refractivity (Wildman–Crippen MR) is 125 cm³/mol. The zero-order chi connectivity index (χ0) is 21.7. The zero-order valence-electron chi connectivity index (χ0n) is 18.1. The molecule has 3 aromatic rings. The van der Waals surface area contributed by atoms with Crippen molar-refractivity contribution in [2.45, 2.75) is 45.8 Å². The fourth-order valence-electron chi connectivity index (χ4n) is 4.88. The molecule has 1 aromatic carbocycles. The van der Waals surface area contributed by atoms with E-state index in [1.54, 1.807) is 0 Å². The van der Waals surface area contributed by atoms with Crippen molar-refractivity contribution in [3.63, 3.8) is 0 Å². The van der Waals surface area contributed by atoms with E-state index in [1.807, 2.05) is 36.5 Å². The summed E-state index contributed by atoms with van der Waals surface area (Å²) in [6.45, 7) is 9.03. The predicted octanol–water partition coefficient (Wildman–Crippen LogP) is 4.99. The molecule has 6 nitrogen and oxygen atoms in total. The average molecular weight is 435 g/mol. The molecule has 0 spiro atoms. The molecule has 5 rings (SSSR count). The van der Waals surface area contributed by atoms with Gasteiger partial charge in [-0.05, 0) is 75.8 Å². The number of benzene rings is 1. The Morgan fingerprint density at radius 2 is 1.90 bits per heavy atom. The third-order valence-corrected chi connectivity index (χ3v) is 6.41. The summed E-state index contributed by atoms with van der Waals surface area (Å²) in [7, 11) is 0. The maximum Gasteiger partial charge on any atom is 0.231 e. The Bertz CT molecular complexity index is 1140. The summed E-state index contributed by atoms with van der Waals surface area (Å²) in [4.78, 5) is 6.83. The second-order valence-electron chi connectivity index (χ2n) is 8.32. The zero-order valence-corrected chi connectivity index (χ0v) is 18.9. The molecule has 31 heavy (non-hydrogen) atoms. The molecular formula is C24H26N4O2S. The topological polar surface area (TPSA) is 51.6 Å². The number of anilines is 1. The van der Waals surface area contributed by atoms with Gasteiger partial charge in [0.1, 0.15) is 0 Å². The van der Waals surface area contributed by atoms with Crippen LogP contribution in [0.4, 0.5) is 5.69 Å². The number of ether oxygens (including phenoxy) is 2. The van der Waals surface area contributed by atoms with Crippen molar-refractivity contribution in [3.8, 4) is 11.5 Å². The molecule has 1 fully saturated rings. The molecular weight excluding hydrogens is 408 g/mol. The SMILES string of the molecule is Cc1cc([C@H]2[C@@H](c3ccccn3)NC(=S)N2c2ccc3c(c2)OCO3)c(C)n1C(C)C. The number of aromatic nitrogens is 2. The van der Waals surface area contributed by atoms with Gasteiger partial charge in [0, 0.05) is 35.4 Å². The van der Waals surface area contributed by atoms with Gasteiger partial charge < -0.3 is 24.3 Å². The van der Waals surface area contributed by atoms with Crippen molar-refractivity contribution in [1.29, 1.82) is 0 Å². The van der Waals surface area contributed by atoms with E-state index < -0.39 is 0 Å². The van der Waals surface area contributed by atoms with Crippen LogP contribution in [-0.2, 0) is 0 Å². The summed E-state index contributed by atoms with van der Waals surface area (Å²) in [6, 6.07) is 14.6. The fourth-order valence-corrected chi connectivity index (χ4v) is 5.23. The highest BCUT2D eigenvalue weighted by molar-refractivity contribution is 7.80. The number of thiocarbonyl (C=S) groups is 1. The number of pyridine rings is 1. The summed E-state index contributed by atoms with van der Waals surface area (Å²) < 4.78 is 13.5. The van der Waals surface area contributed by atoms with Crippen molar-refractivity contribution in [1.82, 2.24) is 14.9 Å². The van der Waals surface area contributed by atoms with Crippen molar-refractivity contribution < 1.29 is 9.47 Å². The van der Waals surface area contributed by atoms with Gasteiger partial charge in [0.2, 0.25) is 6.79 Å². The maximum absolute atomic E-state index is 5.85. The normalized spacial score (nSPS) is 19.9. The number of hydrogen-bond donors (Lipinski definition) is 1. The van der Waals surface area contributed by atoms with Gasteiger partial charge in [-0.15, -0.1) is 0 Å². The van der Waals surface area contributed by atoms with Gasteiger partial charge in [0.15, 0.2) is 16.6 Å². The maximum atomic E-state index is 5.85. The Kier molecular flexibility index (Phi) is 4.85. The lowest BCUT2D eigenvalue weighted by Crippen LogP contribution is -2.29. The van der Waals surface area contributed by atoms with Crippen LogP contribution >= 0.6 is 12.2 Å². The van der Waals surface area contributed by atoms with E-state index in [2.05, 4.69) is 59.6 Å². The molecule has 0 radical (unpaired) electrons. The Labute approximate surface area is 187 Å². The minimum Gasteiger partial charge on any atom is -0.454 e. The first-order valence-corrected chi connectivity index (χ1v) is 10.9. The molecule has 1 saturated heterocycles. The van der Waals surface area contributed by atoms with Crippen molar-refractivity contribution in [2.24, 2.45) is 0 Å². The van der Waals surface area contributed by atoms with Crippen molar-refractivity contribution >= 4 is 23.0 Å². The van der Waals surface area contributed by atoms with E-state index in [4.69, 9.17) is 21.7 Å². The number of nitrogens with one attached hydrogen (secondary N) is 1. The van der Waals surface area contributed by atoms with Gasteiger partial charge in [-0.2, -0.15) is 0 Å². The van der Waals surface area contributed by atoms with E-state index in [0.717, 1.165) is 22.9 Å². The van der Waals surface area contributed by atoms with E-state index in [-0.39, 0.29) is 18.9 Å². The van der Waals surface area contributed by atoms with E-state index in [9.17, 15) is 0 Å². The van der Waals surface area contributed by atoms with Gasteiger partial charge in [0.25, 0.3) is 0 Å². The molecule has 0 unspecified atom stereocenters. The molecule has 4 heterocycles. The third-order valence-electron chi connectivity index (χ3n) is 6.09. The molecule has 160 valence electrons. The van der Waals surface area contributed by atoms with Gasteiger partial charge in [-0.25, -0.2) is 0 Å². The molecule has 0 bridgehead atoms. The van der Waals surface area contributed by atoms with E-state index in [1.165, 1.54) is 17.0 Å². The molecule has 0 aliphatic carbocycles. The summed E-state index contributed by atoms with van der Waals surface area (Å²) in [5, 5.41) is 4.21. The van der Waals surface area contributed by atoms with Crippen LogP contribution in [0.2, 0.25) is 0 Å². The van der Waals surface area contributed by atoms with Crippen molar-refractivity contribution in [2.75, 3.05) is 11.7 Å². The average Bonchev–Trinajstić information content (AvgIpc) is 3.43. The Balaban J connectivity index is 1.66. The summed E-state index contributed by atoms with van der Waals surface area (Å²) in [5.41, 5.74) is 5.67. The molecule has 1 N–H and O–H groups in total. The molecule has 2 aliphatic rings. The Morgan fingerprint density at radius 1 is 1.10 bits per heavy atom. The van der Waals surface area contributed by atoms with Crippen LogP contribution in [0, 0.1) is 13.8 Å². The molecule has 0 amide bonds. The standard InChI is InChI=1S/C24H26N4O2S/c1-14(2)27-15(3)11-18(16(27)4)23-22(19-7-5-6-10-25-19)26-24(31)28(23)17-8-9-20-21(12-17)30-13-29-20/h5-12,14,22-23H,13H2,1-4H3,(H,26,31)/t22-,23+/m1/s1. The van der Waals surface area contributed by atoms with E-state index >= 15 is 0 Å². The Morgan fingerprint density at radius 3 is 2.61 bits per heavy atom. The molecule has 2 aromatic heterocycles. The van der Waals surface area contributed by atoms with Crippen LogP contribution < -0.4 is 19.7 Å². The van der Waals surface area contributed by atoms with Gasteiger partial charge >= 0.3 is 0 Å². The van der Waals surface area contributed by atoms with Crippen LogP contribution in [0.5, 0.6) is 11.5 Å². The molecule has 7 heteroatoms. The molecule has 0 saturated carbocycles. The third kappa shape index (κ3) is 3.24. The highest BCUT2D eigenvalue weighted by atomic mass is 32.1. The van der Waals surface area contributed by atoms with E-state index in [0.29, 0.717) is 11.2 Å². The van der Waals surface area contributed by atoms with Crippen LogP contribution in [0.3, 0.4) is 0 Å². The first kappa shape index (κ1) is 19.9. The second-order valence-corrected chi connectivity index (χ2v) is 8.71. The minimum absolute atomic E-state index is 0.0403. The Hall–Kier alpha value is -3.06. The number of rotatable bonds is 4. The van der Waals surface area contributed by atoms with Crippen LogP contribution in [0.1, 0.15) is 54.6 Å². The quantitative estimate of drug-likeness (QED) is 0.584. The van der Waals surface area contributed by atoms with Crippen LogP contribution in [0.15, 0.2) is 48.7 Å². The highest BCUT2D eigenvalue weighted by Gasteiger charge is 2.42. The van der Waals surface area contributed by atoms with Gasteiger partial charge in [-0.1, -0.05) is 6.07 Å². The second kappa shape index (κ2) is 7.57. The lowest BCUT2D eigenvalue weighted by molar-refractivity contribution is 0.174. The van der Waals surface area contributed by atoms with Gasteiger partial charge in [0.05, 0.1) is 17.8 Å². The summed E-state index contributed by atoms with van der Waals surface area (Å²) in [5.74, 6) is 1.51. The molecule has 2 aliphatic heterocycles. The summed E-state index contributed by atoms with van der Waals surface area (Å²) in [6.07, 6.45) is 1.83. The number of aryl methyl sites for hydroxylation is 1. The summed E-state index contributed by atoms with van der Waals surface area (Å²) >= 11 is 5.85.